The van der Waals surface area contributed by atoms with Crippen molar-refractivity contribution >= 4 is 16.9 Å². The number of fused-ring (bicyclic) bond motifs is 1. The van der Waals surface area contributed by atoms with Gasteiger partial charge in [-0.25, -0.2) is 4.39 Å². The van der Waals surface area contributed by atoms with Gasteiger partial charge in [0.05, 0.1) is 17.8 Å². The molecule has 0 aliphatic heterocycles. The number of carbonyl (C=O) groups is 1. The number of hydrogen-bond donors (Lipinski definition) is 1. The number of carboxylic acids is 1. The number of nitrogens with zero attached hydrogens (tertiary/aromatic N) is 2. The Balaban J connectivity index is 1.76. The number of aryl methyl sites for hydroxylation is 2. The van der Waals surface area contributed by atoms with Crippen molar-refractivity contribution in [3.8, 4) is 16.9 Å². The molecule has 152 valence electrons. The van der Waals surface area contributed by atoms with Gasteiger partial charge in [0.15, 0.2) is 11.6 Å². The molecule has 0 saturated heterocycles. The second kappa shape index (κ2) is 8.23. The number of halogens is 1. The van der Waals surface area contributed by atoms with Crippen LogP contribution in [0.25, 0.3) is 22.0 Å². The van der Waals surface area contributed by atoms with Crippen LogP contribution in [0.1, 0.15) is 44.1 Å². The number of rotatable bonds is 6. The van der Waals surface area contributed by atoms with E-state index in [1.165, 1.54) is 12.5 Å². The van der Waals surface area contributed by atoms with Gasteiger partial charge in [0.2, 0.25) is 0 Å². The lowest BCUT2D eigenvalue weighted by Gasteiger charge is -2.25. The highest BCUT2D eigenvalue weighted by molar-refractivity contribution is 5.86. The Kier molecular flexibility index (Phi) is 5.51. The number of hydrogen-bond acceptors (Lipinski definition) is 3. The molecule has 5 nitrogen and oxygen atoms in total. The quantitative estimate of drug-likeness (QED) is 0.629. The third-order valence-corrected chi connectivity index (χ3v) is 5.62. The lowest BCUT2D eigenvalue weighted by atomic mass is 9.96. The molecule has 1 saturated carbocycles. The predicted molar refractivity (Wildman–Crippen MR) is 110 cm³/mol. The summed E-state index contributed by atoms with van der Waals surface area (Å²) in [6, 6.07) is 9.15. The van der Waals surface area contributed by atoms with E-state index in [1.807, 2.05) is 31.3 Å². The smallest absolute Gasteiger partial charge is 0.303 e. The number of aliphatic carboxylic acids is 1. The molecule has 1 aliphatic rings. The first-order chi connectivity index (χ1) is 14.0. The lowest BCUT2D eigenvalue weighted by molar-refractivity contribution is -0.136. The van der Waals surface area contributed by atoms with Crippen LogP contribution in [0.15, 0.2) is 36.5 Å². The van der Waals surface area contributed by atoms with Crippen molar-refractivity contribution in [2.45, 2.75) is 51.0 Å². The first kappa shape index (κ1) is 19.4. The summed E-state index contributed by atoms with van der Waals surface area (Å²) in [5, 5.41) is 14.2. The van der Waals surface area contributed by atoms with Gasteiger partial charge in [-0.3, -0.25) is 9.48 Å². The lowest BCUT2D eigenvalue weighted by Crippen LogP contribution is -2.20. The summed E-state index contributed by atoms with van der Waals surface area (Å²) < 4.78 is 23.1. The fraction of sp³-hybridized carbons (Fsp3) is 0.391. The van der Waals surface area contributed by atoms with Crippen molar-refractivity contribution in [3.63, 3.8) is 0 Å². The van der Waals surface area contributed by atoms with E-state index >= 15 is 4.39 Å². The van der Waals surface area contributed by atoms with Crippen LogP contribution < -0.4 is 4.74 Å². The van der Waals surface area contributed by atoms with Gasteiger partial charge in [-0.05, 0) is 67.5 Å². The fourth-order valence-corrected chi connectivity index (χ4v) is 4.06. The van der Waals surface area contributed by atoms with Crippen molar-refractivity contribution in [1.29, 1.82) is 0 Å². The minimum atomic E-state index is -0.897. The van der Waals surface area contributed by atoms with Gasteiger partial charge in [0.1, 0.15) is 0 Å². The molecule has 6 heteroatoms. The number of aromatic nitrogens is 2. The van der Waals surface area contributed by atoms with E-state index in [0.29, 0.717) is 11.1 Å². The van der Waals surface area contributed by atoms with Crippen LogP contribution in [0.5, 0.6) is 5.75 Å². The Bertz CT molecular complexity index is 1040. The normalized spacial score (nSPS) is 15.0. The molecule has 1 aliphatic carbocycles. The monoisotopic (exact) mass is 396 g/mol. The average molecular weight is 396 g/mol. The summed E-state index contributed by atoms with van der Waals surface area (Å²) in [7, 11) is 1.88. The highest BCUT2D eigenvalue weighted by Crippen LogP contribution is 2.37. The zero-order valence-electron chi connectivity index (χ0n) is 16.5. The van der Waals surface area contributed by atoms with Crippen molar-refractivity contribution < 1.29 is 19.0 Å². The van der Waals surface area contributed by atoms with Gasteiger partial charge >= 0.3 is 5.97 Å². The zero-order valence-corrected chi connectivity index (χ0v) is 16.5. The molecule has 1 aromatic heterocycles. The Morgan fingerprint density at radius 2 is 2.03 bits per heavy atom. The molecular weight excluding hydrogens is 371 g/mol. The maximum Gasteiger partial charge on any atom is 0.303 e. The average Bonchev–Trinajstić information content (AvgIpc) is 3.09. The van der Waals surface area contributed by atoms with Crippen molar-refractivity contribution in [1.82, 2.24) is 9.78 Å². The van der Waals surface area contributed by atoms with Gasteiger partial charge in [0.25, 0.3) is 0 Å². The minimum Gasteiger partial charge on any atom is -0.487 e. The molecule has 0 unspecified atom stereocenters. The fourth-order valence-electron chi connectivity index (χ4n) is 4.06. The Labute approximate surface area is 169 Å². The van der Waals surface area contributed by atoms with Crippen molar-refractivity contribution in [2.24, 2.45) is 7.05 Å². The van der Waals surface area contributed by atoms with E-state index in [1.54, 1.807) is 10.9 Å². The van der Waals surface area contributed by atoms with Crippen LogP contribution in [-0.2, 0) is 18.3 Å². The second-order valence-electron chi connectivity index (χ2n) is 7.77. The van der Waals surface area contributed by atoms with Gasteiger partial charge in [-0.1, -0.05) is 12.5 Å². The Morgan fingerprint density at radius 3 is 2.79 bits per heavy atom. The molecule has 0 spiro atoms. The van der Waals surface area contributed by atoms with Gasteiger partial charge in [-0.2, -0.15) is 5.10 Å². The molecule has 3 aromatic rings. The van der Waals surface area contributed by atoms with Crippen LogP contribution in [0.4, 0.5) is 4.39 Å². The first-order valence-corrected chi connectivity index (χ1v) is 10.1. The van der Waals surface area contributed by atoms with Crippen molar-refractivity contribution in [3.05, 3.63) is 47.9 Å². The highest BCUT2D eigenvalue weighted by atomic mass is 19.1. The van der Waals surface area contributed by atoms with Crippen LogP contribution in [-0.4, -0.2) is 27.0 Å². The maximum absolute atomic E-state index is 15.1. The van der Waals surface area contributed by atoms with E-state index in [9.17, 15) is 4.79 Å². The van der Waals surface area contributed by atoms with Gasteiger partial charge in [0, 0.05) is 24.4 Å². The van der Waals surface area contributed by atoms with E-state index in [-0.39, 0.29) is 24.7 Å². The molecule has 0 amide bonds. The van der Waals surface area contributed by atoms with Crippen LogP contribution in [0.3, 0.4) is 0 Å². The van der Waals surface area contributed by atoms with Gasteiger partial charge in [-0.15, -0.1) is 0 Å². The standard InChI is InChI=1S/C23H25FN2O3/c1-26-21-9-8-16(13-17(21)14-25-26)19-11-15(7-10-22(27)28)12-20(24)23(19)29-18-5-3-2-4-6-18/h8-9,11-14,18H,2-7,10H2,1H3,(H,27,28). The van der Waals surface area contributed by atoms with Gasteiger partial charge < -0.3 is 9.84 Å². The summed E-state index contributed by atoms with van der Waals surface area (Å²) in [6.45, 7) is 0. The summed E-state index contributed by atoms with van der Waals surface area (Å²) in [6.07, 6.45) is 7.29. The molecule has 2 aromatic carbocycles. The Morgan fingerprint density at radius 1 is 1.24 bits per heavy atom. The third-order valence-electron chi connectivity index (χ3n) is 5.62. The SMILES string of the molecule is Cn1ncc2cc(-c3cc(CCC(=O)O)cc(F)c3OC3CCCCC3)ccc21. The molecule has 0 atom stereocenters. The molecule has 1 N–H and O–H groups in total. The van der Waals surface area contributed by atoms with Crippen LogP contribution in [0, 0.1) is 5.82 Å². The number of ether oxygens (including phenoxy) is 1. The highest BCUT2D eigenvalue weighted by Gasteiger charge is 2.21. The molecule has 1 fully saturated rings. The van der Waals surface area contributed by atoms with E-state index in [0.717, 1.165) is 42.1 Å². The number of carboxylic acid groups (broad SMARTS) is 1. The second-order valence-corrected chi connectivity index (χ2v) is 7.77. The molecule has 29 heavy (non-hydrogen) atoms. The third kappa shape index (κ3) is 4.26. The molecule has 1 heterocycles. The topological polar surface area (TPSA) is 64.4 Å². The first-order valence-electron chi connectivity index (χ1n) is 10.1. The van der Waals surface area contributed by atoms with E-state index in [2.05, 4.69) is 5.10 Å². The van der Waals surface area contributed by atoms with Crippen molar-refractivity contribution in [2.75, 3.05) is 0 Å². The largest absolute Gasteiger partial charge is 0.487 e. The summed E-state index contributed by atoms with van der Waals surface area (Å²) >= 11 is 0. The predicted octanol–water partition coefficient (Wildman–Crippen LogP) is 5.11. The molecule has 0 bridgehead atoms. The summed E-state index contributed by atoms with van der Waals surface area (Å²) in [4.78, 5) is 11.0. The van der Waals surface area contributed by atoms with E-state index < -0.39 is 11.8 Å². The maximum atomic E-state index is 15.1. The minimum absolute atomic E-state index is 0.0176. The zero-order chi connectivity index (χ0) is 20.4. The molecular formula is C23H25FN2O3. The van der Waals surface area contributed by atoms with E-state index in [4.69, 9.17) is 9.84 Å². The summed E-state index contributed by atoms with van der Waals surface area (Å²) in [5.41, 5.74) is 3.15. The van der Waals surface area contributed by atoms with Crippen LogP contribution in [0.2, 0.25) is 0 Å². The summed E-state index contributed by atoms with van der Waals surface area (Å²) in [5.74, 6) is -1.06. The Hall–Kier alpha value is -2.89. The number of benzene rings is 2. The van der Waals surface area contributed by atoms with Crippen LogP contribution >= 0.6 is 0 Å². The molecule has 0 radical (unpaired) electrons. The molecule has 4 rings (SSSR count).